The standard InChI is InChI=1S/C48H31N3O2/c1-49-48(51-47(50-29-30-12-3-2-4-13-30)33-24-25-35-32(28-33)23-22-31-14-5-6-15-34(31)35)40-27-26-37(46-45(40)39-17-8-10-20-42(39)53-46)36-18-11-21-43-44(36)38-16-7-9-19-41(38)52-43/h2-28H,1,29H2. The van der Waals surface area contributed by atoms with Crippen LogP contribution in [-0.2, 0) is 6.54 Å². The molecule has 2 aromatic heterocycles. The fraction of sp³-hybridized carbons (Fsp3) is 0.0208. The summed E-state index contributed by atoms with van der Waals surface area (Å²) in [6.07, 6.45) is 0. The monoisotopic (exact) mass is 681 g/mol. The molecule has 0 fully saturated rings. The molecule has 0 N–H and O–H groups in total. The molecule has 0 unspecified atom stereocenters. The number of rotatable bonds is 5. The van der Waals surface area contributed by atoms with E-state index < -0.39 is 0 Å². The topological polar surface area (TPSA) is 63.4 Å². The van der Waals surface area contributed by atoms with Crippen LogP contribution in [0.25, 0.3) is 76.5 Å². The Kier molecular flexibility index (Phi) is 7.29. The van der Waals surface area contributed by atoms with Crippen LogP contribution in [0.3, 0.4) is 0 Å². The molecule has 0 atom stereocenters. The summed E-state index contributed by atoms with van der Waals surface area (Å²) >= 11 is 0. The van der Waals surface area contributed by atoms with Crippen LogP contribution in [0.15, 0.2) is 188 Å². The summed E-state index contributed by atoms with van der Waals surface area (Å²) in [5.41, 5.74) is 7.99. The van der Waals surface area contributed by atoms with Gasteiger partial charge in [-0.2, -0.15) is 0 Å². The van der Waals surface area contributed by atoms with Gasteiger partial charge in [0.1, 0.15) is 22.3 Å². The molecule has 53 heavy (non-hydrogen) atoms. The van der Waals surface area contributed by atoms with Crippen molar-refractivity contribution in [2.75, 3.05) is 0 Å². The van der Waals surface area contributed by atoms with Crippen LogP contribution in [0.4, 0.5) is 0 Å². The average Bonchev–Trinajstić information content (AvgIpc) is 3.80. The summed E-state index contributed by atoms with van der Waals surface area (Å²) in [5, 5.41) is 8.72. The molecule has 10 rings (SSSR count). The van der Waals surface area contributed by atoms with E-state index in [4.69, 9.17) is 18.8 Å². The van der Waals surface area contributed by atoms with Crippen molar-refractivity contribution < 1.29 is 8.83 Å². The molecule has 0 saturated heterocycles. The summed E-state index contributed by atoms with van der Waals surface area (Å²) in [5.74, 6) is 1.04. The van der Waals surface area contributed by atoms with Gasteiger partial charge in [-0.1, -0.05) is 127 Å². The first-order valence-corrected chi connectivity index (χ1v) is 17.6. The minimum Gasteiger partial charge on any atom is -0.456 e. The van der Waals surface area contributed by atoms with Crippen LogP contribution < -0.4 is 0 Å². The largest absolute Gasteiger partial charge is 0.456 e. The van der Waals surface area contributed by atoms with Crippen molar-refractivity contribution in [3.63, 3.8) is 0 Å². The van der Waals surface area contributed by atoms with Crippen molar-refractivity contribution in [2.45, 2.75) is 6.54 Å². The zero-order chi connectivity index (χ0) is 35.3. The molecule has 2 heterocycles. The first-order valence-electron chi connectivity index (χ1n) is 17.6. The predicted molar refractivity (Wildman–Crippen MR) is 221 cm³/mol. The van der Waals surface area contributed by atoms with Gasteiger partial charge in [0.25, 0.3) is 0 Å². The van der Waals surface area contributed by atoms with Crippen molar-refractivity contribution in [1.82, 2.24) is 0 Å². The number of benzene rings is 8. The third-order valence-electron chi connectivity index (χ3n) is 10.1. The van der Waals surface area contributed by atoms with Crippen LogP contribution in [-0.4, -0.2) is 18.4 Å². The molecule has 0 amide bonds. The molecular formula is C48H31N3O2. The summed E-state index contributed by atoms with van der Waals surface area (Å²) in [6, 6.07) is 56.1. The van der Waals surface area contributed by atoms with Crippen LogP contribution in [0.5, 0.6) is 0 Å². The molecule has 5 heteroatoms. The number of nitrogens with zero attached hydrogens (tertiary/aromatic N) is 3. The van der Waals surface area contributed by atoms with E-state index >= 15 is 0 Å². The Bertz CT molecular complexity index is 3110. The van der Waals surface area contributed by atoms with Gasteiger partial charge in [-0.25, -0.2) is 9.98 Å². The minimum atomic E-state index is 0.463. The van der Waals surface area contributed by atoms with Crippen molar-refractivity contribution >= 4 is 83.8 Å². The third-order valence-corrected chi connectivity index (χ3v) is 10.1. The quantitative estimate of drug-likeness (QED) is 0.103. The maximum atomic E-state index is 6.71. The number of aliphatic imine (C=N–C) groups is 3. The van der Waals surface area contributed by atoms with Gasteiger partial charge in [0, 0.05) is 38.2 Å². The maximum Gasteiger partial charge on any atom is 0.161 e. The molecule has 0 aliphatic rings. The number of amidine groups is 2. The molecular weight excluding hydrogens is 651 g/mol. The zero-order valence-electron chi connectivity index (χ0n) is 28.7. The first-order chi connectivity index (χ1) is 26.2. The summed E-state index contributed by atoms with van der Waals surface area (Å²) in [7, 11) is 0. The van der Waals surface area contributed by atoms with Gasteiger partial charge < -0.3 is 8.83 Å². The fourth-order valence-electron chi connectivity index (χ4n) is 7.60. The Morgan fingerprint density at radius 2 is 1.17 bits per heavy atom. The van der Waals surface area contributed by atoms with E-state index in [2.05, 4.69) is 109 Å². The maximum absolute atomic E-state index is 6.71. The molecule has 0 aliphatic heterocycles. The lowest BCUT2D eigenvalue weighted by molar-refractivity contribution is 0.668. The Hall–Kier alpha value is -7.11. The van der Waals surface area contributed by atoms with Crippen LogP contribution in [0.1, 0.15) is 16.7 Å². The Morgan fingerprint density at radius 1 is 0.491 bits per heavy atom. The molecule has 8 aromatic carbocycles. The molecule has 5 nitrogen and oxygen atoms in total. The van der Waals surface area contributed by atoms with Crippen molar-refractivity contribution in [2.24, 2.45) is 15.0 Å². The number of hydrogen-bond acceptors (Lipinski definition) is 3. The summed E-state index contributed by atoms with van der Waals surface area (Å²) < 4.78 is 13.0. The highest BCUT2D eigenvalue weighted by Crippen LogP contribution is 2.43. The number of furan rings is 2. The second-order valence-corrected chi connectivity index (χ2v) is 13.2. The minimum absolute atomic E-state index is 0.463. The third kappa shape index (κ3) is 5.21. The second-order valence-electron chi connectivity index (χ2n) is 13.2. The van der Waals surface area contributed by atoms with Gasteiger partial charge in [-0.3, -0.25) is 4.99 Å². The lowest BCUT2D eigenvalue weighted by Crippen LogP contribution is -2.06. The van der Waals surface area contributed by atoms with Crippen molar-refractivity contribution in [1.29, 1.82) is 0 Å². The second kappa shape index (κ2) is 12.6. The summed E-state index contributed by atoms with van der Waals surface area (Å²) in [4.78, 5) is 14.9. The number of fused-ring (bicyclic) bond motifs is 9. The Labute approximate surface area is 304 Å². The van der Waals surface area contributed by atoms with E-state index in [9.17, 15) is 0 Å². The summed E-state index contributed by atoms with van der Waals surface area (Å²) in [6.45, 7) is 4.49. The van der Waals surface area contributed by atoms with Gasteiger partial charge in [-0.05, 0) is 75.8 Å². The Morgan fingerprint density at radius 3 is 2.00 bits per heavy atom. The molecule has 10 aromatic rings. The molecule has 0 aliphatic carbocycles. The van der Waals surface area contributed by atoms with Crippen LogP contribution in [0.2, 0.25) is 0 Å². The molecule has 250 valence electrons. The van der Waals surface area contributed by atoms with E-state index in [0.717, 1.165) is 77.1 Å². The van der Waals surface area contributed by atoms with Gasteiger partial charge in [0.2, 0.25) is 0 Å². The lowest BCUT2D eigenvalue weighted by Gasteiger charge is -2.11. The highest BCUT2D eigenvalue weighted by molar-refractivity contribution is 6.25. The molecule has 0 radical (unpaired) electrons. The Balaban J connectivity index is 1.18. The normalized spacial score (nSPS) is 12.5. The highest BCUT2D eigenvalue weighted by atomic mass is 16.3. The van der Waals surface area contributed by atoms with E-state index in [1.54, 1.807) is 0 Å². The smallest absolute Gasteiger partial charge is 0.161 e. The SMILES string of the molecule is C=NC(=NC(=NCc1ccccc1)c1ccc2c(ccc3ccccc32)c1)c1ccc(-c2cccc3oc4ccccc4c23)c2oc3ccccc3c12. The highest BCUT2D eigenvalue weighted by Gasteiger charge is 2.22. The first kappa shape index (κ1) is 30.7. The van der Waals surface area contributed by atoms with Crippen molar-refractivity contribution in [3.05, 3.63) is 180 Å². The molecule has 0 spiro atoms. The number of hydrogen-bond donors (Lipinski definition) is 0. The van der Waals surface area contributed by atoms with Gasteiger partial charge >= 0.3 is 0 Å². The van der Waals surface area contributed by atoms with E-state index in [0.29, 0.717) is 18.2 Å². The van der Waals surface area contributed by atoms with Gasteiger partial charge in [-0.15, -0.1) is 0 Å². The van der Waals surface area contributed by atoms with E-state index in [1.165, 1.54) is 16.2 Å². The van der Waals surface area contributed by atoms with E-state index in [-0.39, 0.29) is 0 Å². The number of para-hydroxylation sites is 2. The lowest BCUT2D eigenvalue weighted by atomic mass is 9.95. The van der Waals surface area contributed by atoms with E-state index in [1.807, 2.05) is 66.7 Å². The molecule has 0 bridgehead atoms. The van der Waals surface area contributed by atoms with Crippen LogP contribution >= 0.6 is 0 Å². The van der Waals surface area contributed by atoms with Gasteiger partial charge in [0.15, 0.2) is 11.7 Å². The predicted octanol–water partition coefficient (Wildman–Crippen LogP) is 12.6. The fourth-order valence-corrected chi connectivity index (χ4v) is 7.60. The van der Waals surface area contributed by atoms with Gasteiger partial charge in [0.05, 0.1) is 6.54 Å². The molecule has 0 saturated carbocycles. The van der Waals surface area contributed by atoms with Crippen molar-refractivity contribution in [3.8, 4) is 11.1 Å². The van der Waals surface area contributed by atoms with Crippen LogP contribution in [0, 0.1) is 0 Å². The zero-order valence-corrected chi connectivity index (χ0v) is 28.7. The average molecular weight is 682 g/mol.